The van der Waals surface area contributed by atoms with Crippen LogP contribution >= 0.6 is 12.6 Å². The summed E-state index contributed by atoms with van der Waals surface area (Å²) in [4.78, 5) is 14.2. The van der Waals surface area contributed by atoms with Gasteiger partial charge in [-0.15, -0.1) is 0 Å². The van der Waals surface area contributed by atoms with Gasteiger partial charge in [0, 0.05) is 13.1 Å². The van der Waals surface area contributed by atoms with E-state index in [1.165, 1.54) is 5.56 Å². The third kappa shape index (κ3) is 3.29. The Morgan fingerprint density at radius 3 is 2.61 bits per heavy atom. The lowest BCUT2D eigenvalue weighted by Crippen LogP contribution is -2.37. The average Bonchev–Trinajstić information content (AvgIpc) is 2.70. The summed E-state index contributed by atoms with van der Waals surface area (Å²) >= 11 is 4.48. The Hall–Kier alpha value is -0.960. The molecule has 0 spiro atoms. The molecule has 0 radical (unpaired) electrons. The number of amides is 1. The highest BCUT2D eigenvalue weighted by Crippen LogP contribution is 2.29. The minimum absolute atomic E-state index is 0.174. The maximum Gasteiger partial charge on any atom is 0.235 e. The van der Waals surface area contributed by atoms with E-state index >= 15 is 0 Å². The van der Waals surface area contributed by atoms with E-state index in [9.17, 15) is 4.79 Å². The number of hydrogen-bond donors (Lipinski definition) is 1. The fraction of sp³-hybridized carbons (Fsp3) is 0.533. The lowest BCUT2D eigenvalue weighted by molar-refractivity contribution is -0.129. The van der Waals surface area contributed by atoms with E-state index in [4.69, 9.17) is 0 Å². The van der Waals surface area contributed by atoms with Crippen molar-refractivity contribution in [3.8, 4) is 0 Å². The van der Waals surface area contributed by atoms with Gasteiger partial charge in [-0.3, -0.25) is 4.79 Å². The zero-order valence-electron chi connectivity index (χ0n) is 11.1. The molecule has 2 nitrogen and oxygen atoms in total. The van der Waals surface area contributed by atoms with Crippen LogP contribution in [0.25, 0.3) is 0 Å². The van der Waals surface area contributed by atoms with Crippen LogP contribution in [0, 0.1) is 5.41 Å². The van der Waals surface area contributed by atoms with Crippen molar-refractivity contribution in [3.05, 3.63) is 35.9 Å². The lowest BCUT2D eigenvalue weighted by Gasteiger charge is -2.22. The third-order valence-electron chi connectivity index (χ3n) is 3.55. The molecule has 1 aromatic rings. The first-order valence-corrected chi connectivity index (χ1v) is 7.00. The van der Waals surface area contributed by atoms with E-state index in [1.807, 2.05) is 35.2 Å². The van der Waals surface area contributed by atoms with Gasteiger partial charge in [0.15, 0.2) is 0 Å². The summed E-state index contributed by atoms with van der Waals surface area (Å²) in [6, 6.07) is 10.1. The standard InChI is InChI=1S/C15H21NOS/c1-15(2)8-9-16(11-15)14(17)13(18)10-12-6-4-3-5-7-12/h3-7,13,18H,8-11H2,1-2H3. The van der Waals surface area contributed by atoms with Crippen molar-refractivity contribution < 1.29 is 4.79 Å². The molecule has 18 heavy (non-hydrogen) atoms. The molecule has 1 fully saturated rings. The molecule has 1 aromatic carbocycles. The molecule has 3 heteroatoms. The molecule has 1 heterocycles. The summed E-state index contributed by atoms with van der Waals surface area (Å²) in [5.41, 5.74) is 1.43. The second-order valence-corrected chi connectivity index (χ2v) is 6.50. The maximum absolute atomic E-state index is 12.3. The van der Waals surface area contributed by atoms with Gasteiger partial charge in [0.25, 0.3) is 0 Å². The molecule has 0 saturated carbocycles. The topological polar surface area (TPSA) is 20.3 Å². The SMILES string of the molecule is CC1(C)CCN(C(=O)C(S)Cc2ccccc2)C1. The second-order valence-electron chi connectivity index (χ2n) is 5.88. The normalized spacial score (nSPS) is 19.8. The van der Waals surface area contributed by atoms with Crippen LogP contribution in [-0.2, 0) is 11.2 Å². The quantitative estimate of drug-likeness (QED) is 0.832. The van der Waals surface area contributed by atoms with Crippen molar-refractivity contribution in [1.29, 1.82) is 0 Å². The number of likely N-dealkylation sites (tertiary alicyclic amines) is 1. The summed E-state index contributed by atoms with van der Waals surface area (Å²) in [5.74, 6) is 0.174. The third-order valence-corrected chi connectivity index (χ3v) is 3.95. The Morgan fingerprint density at radius 2 is 2.06 bits per heavy atom. The highest BCUT2D eigenvalue weighted by atomic mass is 32.1. The van der Waals surface area contributed by atoms with Gasteiger partial charge in [0.05, 0.1) is 5.25 Å². The fourth-order valence-electron chi connectivity index (χ4n) is 2.44. The van der Waals surface area contributed by atoms with Crippen LogP contribution in [0.15, 0.2) is 30.3 Å². The molecule has 0 bridgehead atoms. The number of thiol groups is 1. The summed E-state index contributed by atoms with van der Waals surface area (Å²) in [5, 5.41) is -0.221. The number of nitrogens with zero attached hydrogens (tertiary/aromatic N) is 1. The Bertz CT molecular complexity index is 416. The first kappa shape index (κ1) is 13.5. The Morgan fingerprint density at radius 1 is 1.39 bits per heavy atom. The van der Waals surface area contributed by atoms with Crippen molar-refractivity contribution in [2.75, 3.05) is 13.1 Å². The van der Waals surface area contributed by atoms with Crippen LogP contribution in [0.4, 0.5) is 0 Å². The monoisotopic (exact) mass is 263 g/mol. The predicted molar refractivity (Wildman–Crippen MR) is 77.9 cm³/mol. The van der Waals surface area contributed by atoms with E-state index in [0.717, 1.165) is 19.5 Å². The maximum atomic E-state index is 12.3. The second kappa shape index (κ2) is 5.35. The molecule has 1 amide bonds. The molecule has 1 saturated heterocycles. The highest BCUT2D eigenvalue weighted by Gasteiger charge is 2.33. The van der Waals surface area contributed by atoms with Crippen LogP contribution < -0.4 is 0 Å². The van der Waals surface area contributed by atoms with Gasteiger partial charge in [0.2, 0.25) is 5.91 Å². The molecular weight excluding hydrogens is 242 g/mol. The molecule has 1 aliphatic heterocycles. The van der Waals surface area contributed by atoms with Gasteiger partial charge < -0.3 is 4.90 Å². The lowest BCUT2D eigenvalue weighted by atomic mass is 9.93. The predicted octanol–water partition coefficient (Wildman–Crippen LogP) is 2.79. The molecule has 2 rings (SSSR count). The van der Waals surface area contributed by atoms with Gasteiger partial charge in [-0.2, -0.15) is 12.6 Å². The van der Waals surface area contributed by atoms with Crippen molar-refractivity contribution in [2.45, 2.75) is 31.9 Å². The first-order valence-electron chi connectivity index (χ1n) is 6.49. The Labute approximate surface area is 115 Å². The van der Waals surface area contributed by atoms with Crippen LogP contribution in [-0.4, -0.2) is 29.1 Å². The zero-order chi connectivity index (χ0) is 13.2. The molecule has 1 unspecified atom stereocenters. The summed E-state index contributed by atoms with van der Waals surface area (Å²) in [7, 11) is 0. The summed E-state index contributed by atoms with van der Waals surface area (Å²) in [6.07, 6.45) is 1.80. The van der Waals surface area contributed by atoms with E-state index in [0.29, 0.717) is 6.42 Å². The summed E-state index contributed by atoms with van der Waals surface area (Å²) in [6.45, 7) is 6.16. The summed E-state index contributed by atoms with van der Waals surface area (Å²) < 4.78 is 0. The van der Waals surface area contributed by atoms with Crippen LogP contribution in [0.5, 0.6) is 0 Å². The van der Waals surface area contributed by atoms with Crippen molar-refractivity contribution in [3.63, 3.8) is 0 Å². The molecule has 98 valence electrons. The van der Waals surface area contributed by atoms with Gasteiger partial charge in [-0.1, -0.05) is 44.2 Å². The van der Waals surface area contributed by atoms with Crippen molar-refractivity contribution >= 4 is 18.5 Å². The minimum atomic E-state index is -0.221. The van der Waals surface area contributed by atoms with E-state index in [2.05, 4.69) is 26.5 Å². The van der Waals surface area contributed by atoms with E-state index in [1.54, 1.807) is 0 Å². The first-order chi connectivity index (χ1) is 8.48. The number of carbonyl (C=O) groups excluding carboxylic acids is 1. The number of benzene rings is 1. The Kier molecular flexibility index (Phi) is 4.00. The smallest absolute Gasteiger partial charge is 0.235 e. The zero-order valence-corrected chi connectivity index (χ0v) is 12.0. The Balaban J connectivity index is 1.94. The van der Waals surface area contributed by atoms with Crippen LogP contribution in [0.2, 0.25) is 0 Å². The van der Waals surface area contributed by atoms with Gasteiger partial charge in [-0.25, -0.2) is 0 Å². The van der Waals surface area contributed by atoms with E-state index < -0.39 is 0 Å². The van der Waals surface area contributed by atoms with Crippen molar-refractivity contribution in [1.82, 2.24) is 4.90 Å². The van der Waals surface area contributed by atoms with Crippen LogP contribution in [0.3, 0.4) is 0 Å². The van der Waals surface area contributed by atoms with Gasteiger partial charge >= 0.3 is 0 Å². The molecule has 0 N–H and O–H groups in total. The highest BCUT2D eigenvalue weighted by molar-refractivity contribution is 7.81. The van der Waals surface area contributed by atoms with E-state index in [-0.39, 0.29) is 16.6 Å². The molecular formula is C15H21NOS. The minimum Gasteiger partial charge on any atom is -0.341 e. The average molecular weight is 263 g/mol. The number of hydrogen-bond acceptors (Lipinski definition) is 2. The molecule has 1 atom stereocenters. The fourth-order valence-corrected chi connectivity index (χ4v) is 2.81. The van der Waals surface area contributed by atoms with Crippen LogP contribution in [0.1, 0.15) is 25.8 Å². The van der Waals surface area contributed by atoms with Gasteiger partial charge in [-0.05, 0) is 23.8 Å². The molecule has 0 aliphatic carbocycles. The largest absolute Gasteiger partial charge is 0.341 e. The molecule has 0 aromatic heterocycles. The number of rotatable bonds is 3. The van der Waals surface area contributed by atoms with Gasteiger partial charge in [0.1, 0.15) is 0 Å². The van der Waals surface area contributed by atoms with Crippen molar-refractivity contribution in [2.24, 2.45) is 5.41 Å². The molecule has 1 aliphatic rings. The number of carbonyl (C=O) groups is 1.